The molecule has 0 aromatic heterocycles. The van der Waals surface area contributed by atoms with Gasteiger partial charge in [0.05, 0.1) is 13.7 Å². The lowest BCUT2D eigenvalue weighted by atomic mass is 10.3. The Labute approximate surface area is 140 Å². The number of methoxy groups -OCH3 is 1. The second kappa shape index (κ2) is 7.69. The van der Waals surface area contributed by atoms with E-state index in [-0.39, 0.29) is 17.3 Å². The number of rotatable bonds is 6. The highest BCUT2D eigenvalue weighted by Crippen LogP contribution is 2.23. The van der Waals surface area contributed by atoms with E-state index in [1.807, 2.05) is 0 Å². The summed E-state index contributed by atoms with van der Waals surface area (Å²) >= 11 is 0. The summed E-state index contributed by atoms with van der Waals surface area (Å²) in [6, 6.07) is 11.8. The first kappa shape index (κ1) is 17.6. The third-order valence-electron chi connectivity index (χ3n) is 2.91. The zero-order valence-electron chi connectivity index (χ0n) is 13.2. The molecular formula is C16H17NO6S. The van der Waals surface area contributed by atoms with Gasteiger partial charge >= 0.3 is 16.2 Å². The molecular weight excluding hydrogens is 334 g/mol. The van der Waals surface area contributed by atoms with Gasteiger partial charge in [0.2, 0.25) is 0 Å². The maximum atomic E-state index is 12.3. The van der Waals surface area contributed by atoms with Gasteiger partial charge in [0, 0.05) is 11.8 Å². The van der Waals surface area contributed by atoms with E-state index in [9.17, 15) is 13.2 Å². The molecule has 1 N–H and O–H groups in total. The molecule has 0 radical (unpaired) electrons. The van der Waals surface area contributed by atoms with Crippen LogP contribution >= 0.6 is 0 Å². The third-order valence-corrected chi connectivity index (χ3v) is 4.17. The van der Waals surface area contributed by atoms with Gasteiger partial charge in [-0.1, -0.05) is 6.07 Å². The van der Waals surface area contributed by atoms with Crippen molar-refractivity contribution in [2.75, 3.05) is 19.0 Å². The Morgan fingerprint density at radius 1 is 1.08 bits per heavy atom. The zero-order valence-corrected chi connectivity index (χ0v) is 14.0. The number of carbonyl (C=O) groups excluding carboxylic acids is 1. The molecule has 0 atom stereocenters. The highest BCUT2D eigenvalue weighted by atomic mass is 32.2. The van der Waals surface area contributed by atoms with E-state index in [4.69, 9.17) is 13.7 Å². The lowest BCUT2D eigenvalue weighted by molar-refractivity contribution is 0.168. The largest absolute Gasteiger partial charge is 0.497 e. The summed E-state index contributed by atoms with van der Waals surface area (Å²) in [4.78, 5) is 11.4. The van der Waals surface area contributed by atoms with Gasteiger partial charge < -0.3 is 13.7 Å². The van der Waals surface area contributed by atoms with Crippen LogP contribution in [0.5, 0.6) is 11.5 Å². The normalized spacial score (nSPS) is 10.8. The van der Waals surface area contributed by atoms with E-state index >= 15 is 0 Å². The predicted octanol–water partition coefficient (Wildman–Crippen LogP) is 3.03. The molecule has 0 aliphatic carbocycles. The predicted molar refractivity (Wildman–Crippen MR) is 87.9 cm³/mol. The molecule has 0 unspecified atom stereocenters. The van der Waals surface area contributed by atoms with Gasteiger partial charge in [-0.3, -0.25) is 5.32 Å². The number of benzene rings is 2. The molecule has 0 aliphatic rings. The summed E-state index contributed by atoms with van der Waals surface area (Å²) in [7, 11) is -2.51. The van der Waals surface area contributed by atoms with Gasteiger partial charge in [0.1, 0.15) is 16.4 Å². The monoisotopic (exact) mass is 351 g/mol. The molecule has 0 spiro atoms. The van der Waals surface area contributed by atoms with Gasteiger partial charge in [-0.2, -0.15) is 8.42 Å². The molecule has 0 aliphatic heterocycles. The van der Waals surface area contributed by atoms with Crippen LogP contribution in [0.4, 0.5) is 10.5 Å². The van der Waals surface area contributed by atoms with Crippen LogP contribution in [0.15, 0.2) is 53.4 Å². The van der Waals surface area contributed by atoms with Crippen molar-refractivity contribution in [2.24, 2.45) is 0 Å². The zero-order chi connectivity index (χ0) is 17.6. The Morgan fingerprint density at radius 2 is 1.79 bits per heavy atom. The number of anilines is 1. The van der Waals surface area contributed by atoms with Gasteiger partial charge in [-0.15, -0.1) is 0 Å². The summed E-state index contributed by atoms with van der Waals surface area (Å²) in [5.74, 6) is 0.606. The van der Waals surface area contributed by atoms with Crippen LogP contribution in [0.3, 0.4) is 0 Å². The number of amides is 1. The van der Waals surface area contributed by atoms with Crippen molar-refractivity contribution in [2.45, 2.75) is 11.8 Å². The maximum Gasteiger partial charge on any atom is 0.411 e. The summed E-state index contributed by atoms with van der Waals surface area (Å²) in [6.07, 6.45) is -0.632. The molecule has 2 rings (SSSR count). The fraction of sp³-hybridized carbons (Fsp3) is 0.188. The van der Waals surface area contributed by atoms with Crippen LogP contribution in [0.2, 0.25) is 0 Å². The van der Waals surface area contributed by atoms with Crippen LogP contribution in [-0.4, -0.2) is 28.2 Å². The second-order valence-electron chi connectivity index (χ2n) is 4.59. The van der Waals surface area contributed by atoms with Gasteiger partial charge in [0.25, 0.3) is 0 Å². The van der Waals surface area contributed by atoms with Gasteiger partial charge in [-0.25, -0.2) is 4.79 Å². The van der Waals surface area contributed by atoms with Crippen LogP contribution in [-0.2, 0) is 14.9 Å². The first-order valence-corrected chi connectivity index (χ1v) is 8.48. The number of ether oxygens (including phenoxy) is 2. The number of hydrogen-bond donors (Lipinski definition) is 1. The number of carbonyl (C=O) groups is 1. The highest BCUT2D eigenvalue weighted by molar-refractivity contribution is 7.87. The molecule has 0 heterocycles. The van der Waals surface area contributed by atoms with E-state index in [1.54, 1.807) is 19.1 Å². The smallest absolute Gasteiger partial charge is 0.411 e. The Morgan fingerprint density at radius 3 is 2.42 bits per heavy atom. The van der Waals surface area contributed by atoms with E-state index in [0.717, 1.165) is 0 Å². The number of nitrogens with one attached hydrogen (secondary N) is 1. The SMILES string of the molecule is CCOC(=O)Nc1cccc(OS(=O)(=O)c2ccc(OC)cc2)c1. The molecule has 2 aromatic rings. The molecule has 128 valence electrons. The van der Waals surface area contributed by atoms with Crippen molar-refractivity contribution >= 4 is 21.9 Å². The third kappa shape index (κ3) is 4.63. The molecule has 24 heavy (non-hydrogen) atoms. The van der Waals surface area contributed by atoms with E-state index in [1.165, 1.54) is 43.5 Å². The fourth-order valence-electron chi connectivity index (χ4n) is 1.83. The summed E-state index contributed by atoms with van der Waals surface area (Å²) in [6.45, 7) is 1.91. The van der Waals surface area contributed by atoms with Gasteiger partial charge in [0.15, 0.2) is 0 Å². The van der Waals surface area contributed by atoms with E-state index < -0.39 is 16.2 Å². The van der Waals surface area contributed by atoms with Crippen molar-refractivity contribution in [1.29, 1.82) is 0 Å². The summed E-state index contributed by atoms with van der Waals surface area (Å²) < 4.78 is 39.3. The lowest BCUT2D eigenvalue weighted by Crippen LogP contribution is -2.13. The second-order valence-corrected chi connectivity index (χ2v) is 6.13. The maximum absolute atomic E-state index is 12.3. The first-order chi connectivity index (χ1) is 11.4. The minimum atomic E-state index is -3.99. The molecule has 1 amide bonds. The summed E-state index contributed by atoms with van der Waals surface area (Å²) in [5, 5.41) is 2.47. The fourth-order valence-corrected chi connectivity index (χ4v) is 2.75. The van der Waals surface area contributed by atoms with Crippen LogP contribution in [0.25, 0.3) is 0 Å². The summed E-state index contributed by atoms with van der Waals surface area (Å²) in [5.41, 5.74) is 0.357. The van der Waals surface area contributed by atoms with Crippen LogP contribution < -0.4 is 14.2 Å². The Balaban J connectivity index is 2.15. The average molecular weight is 351 g/mol. The number of hydrogen-bond acceptors (Lipinski definition) is 6. The van der Waals surface area contributed by atoms with E-state index in [2.05, 4.69) is 5.32 Å². The molecule has 0 saturated carbocycles. The molecule has 0 fully saturated rings. The van der Waals surface area contributed by atoms with Crippen molar-refractivity contribution in [3.63, 3.8) is 0 Å². The quantitative estimate of drug-likeness (QED) is 0.805. The minimum Gasteiger partial charge on any atom is -0.497 e. The molecule has 2 aromatic carbocycles. The first-order valence-electron chi connectivity index (χ1n) is 7.07. The van der Waals surface area contributed by atoms with Crippen molar-refractivity contribution < 1.29 is 26.9 Å². The average Bonchev–Trinajstić information content (AvgIpc) is 2.55. The molecule has 8 heteroatoms. The standard InChI is InChI=1S/C16H17NO6S/c1-3-22-16(18)17-12-5-4-6-14(11-12)23-24(19,20)15-9-7-13(21-2)8-10-15/h4-11H,3H2,1-2H3,(H,17,18). The van der Waals surface area contributed by atoms with E-state index in [0.29, 0.717) is 11.4 Å². The molecule has 7 nitrogen and oxygen atoms in total. The Kier molecular flexibility index (Phi) is 5.64. The van der Waals surface area contributed by atoms with Gasteiger partial charge in [-0.05, 0) is 43.3 Å². The lowest BCUT2D eigenvalue weighted by Gasteiger charge is -2.10. The minimum absolute atomic E-state index is 0.00736. The molecule has 0 saturated heterocycles. The topological polar surface area (TPSA) is 90.9 Å². The Hall–Kier alpha value is -2.74. The van der Waals surface area contributed by atoms with Crippen LogP contribution in [0.1, 0.15) is 6.92 Å². The van der Waals surface area contributed by atoms with Crippen molar-refractivity contribution in [3.8, 4) is 11.5 Å². The Bertz CT molecular complexity index is 802. The highest BCUT2D eigenvalue weighted by Gasteiger charge is 2.17. The van der Waals surface area contributed by atoms with Crippen LogP contribution in [0, 0.1) is 0 Å². The molecule has 0 bridgehead atoms. The van der Waals surface area contributed by atoms with Crippen molar-refractivity contribution in [1.82, 2.24) is 0 Å². The van der Waals surface area contributed by atoms with Crippen molar-refractivity contribution in [3.05, 3.63) is 48.5 Å².